The Labute approximate surface area is 196 Å². The van der Waals surface area contributed by atoms with E-state index in [0.29, 0.717) is 22.8 Å². The molecule has 0 amide bonds. The second-order valence-corrected chi connectivity index (χ2v) is 9.36. The summed E-state index contributed by atoms with van der Waals surface area (Å²) in [5.41, 5.74) is 3.35. The number of halogens is 1. The second kappa shape index (κ2) is 9.21. The Hall–Kier alpha value is -2.68. The van der Waals surface area contributed by atoms with Gasteiger partial charge in [0.15, 0.2) is 15.6 Å². The number of thiazole rings is 1. The first-order valence-electron chi connectivity index (χ1n) is 9.62. The molecule has 0 saturated carbocycles. The van der Waals surface area contributed by atoms with Gasteiger partial charge < -0.3 is 4.42 Å². The summed E-state index contributed by atoms with van der Waals surface area (Å²) in [5, 5.41) is 12.8. The quantitative estimate of drug-likeness (QED) is 0.227. The van der Waals surface area contributed by atoms with Crippen molar-refractivity contribution in [3.05, 3.63) is 94.1 Å². The molecule has 0 unspecified atom stereocenters. The molecule has 8 heteroatoms. The molecule has 0 atom stereocenters. The molecule has 0 aliphatic heterocycles. The van der Waals surface area contributed by atoms with Crippen LogP contribution in [0.25, 0.3) is 22.2 Å². The van der Waals surface area contributed by atoms with Gasteiger partial charge in [0.25, 0.3) is 0 Å². The van der Waals surface area contributed by atoms with E-state index in [4.69, 9.17) is 9.40 Å². The predicted octanol–water partition coefficient (Wildman–Crippen LogP) is 6.76. The molecule has 0 bridgehead atoms. The van der Waals surface area contributed by atoms with Crippen LogP contribution >= 0.6 is 39.0 Å². The van der Waals surface area contributed by atoms with Gasteiger partial charge in [0, 0.05) is 16.7 Å². The first kappa shape index (κ1) is 20.2. The minimum atomic E-state index is 0.663. The highest BCUT2D eigenvalue weighted by Crippen LogP contribution is 2.31. The van der Waals surface area contributed by atoms with Crippen LogP contribution in [0, 0.1) is 0 Å². The Balaban J connectivity index is 1.40. The molecule has 31 heavy (non-hydrogen) atoms. The monoisotopic (exact) mass is 508 g/mol. The van der Waals surface area contributed by atoms with Crippen LogP contribution in [0.4, 0.5) is 0 Å². The minimum Gasteiger partial charge on any atom is -0.446 e. The van der Waals surface area contributed by atoms with Crippen LogP contribution in [0.2, 0.25) is 0 Å². The number of hydrogen-bond acceptors (Lipinski definition) is 6. The van der Waals surface area contributed by atoms with Crippen molar-refractivity contribution < 1.29 is 4.42 Å². The van der Waals surface area contributed by atoms with Gasteiger partial charge in [-0.05, 0) is 33.6 Å². The van der Waals surface area contributed by atoms with Crippen molar-refractivity contribution in [2.45, 2.75) is 17.5 Å². The zero-order chi connectivity index (χ0) is 21.0. The third kappa shape index (κ3) is 4.66. The average molecular weight is 509 g/mol. The maximum Gasteiger partial charge on any atom is 0.200 e. The number of furan rings is 1. The minimum absolute atomic E-state index is 0.663. The molecule has 0 saturated heterocycles. The van der Waals surface area contributed by atoms with E-state index in [0.717, 1.165) is 27.2 Å². The van der Waals surface area contributed by atoms with E-state index in [1.165, 1.54) is 5.56 Å². The summed E-state index contributed by atoms with van der Waals surface area (Å²) >= 11 is 6.67. The first-order chi connectivity index (χ1) is 15.3. The Kier molecular flexibility index (Phi) is 6.01. The van der Waals surface area contributed by atoms with Gasteiger partial charge in [-0.3, -0.25) is 4.57 Å². The predicted molar refractivity (Wildman–Crippen MR) is 128 cm³/mol. The Morgan fingerprint density at radius 1 is 0.935 bits per heavy atom. The number of nitrogens with zero attached hydrogens (tertiary/aromatic N) is 4. The van der Waals surface area contributed by atoms with Crippen LogP contribution in [-0.4, -0.2) is 19.7 Å². The van der Waals surface area contributed by atoms with E-state index < -0.39 is 0 Å². The third-order valence-corrected chi connectivity index (χ3v) is 6.98. The SMILES string of the molecule is Brc1ccc(-c2nnc(SCc3csc(-c4ccccc4)n3)n2Cc2ccccc2)o1. The lowest BCUT2D eigenvalue weighted by Crippen LogP contribution is -2.04. The molecule has 3 aromatic heterocycles. The van der Waals surface area contributed by atoms with E-state index in [1.807, 2.05) is 48.5 Å². The lowest BCUT2D eigenvalue weighted by atomic mass is 10.2. The summed E-state index contributed by atoms with van der Waals surface area (Å²) < 4.78 is 8.51. The summed E-state index contributed by atoms with van der Waals surface area (Å²) in [7, 11) is 0. The maximum absolute atomic E-state index is 5.75. The van der Waals surface area contributed by atoms with E-state index >= 15 is 0 Å². The lowest BCUT2D eigenvalue weighted by Gasteiger charge is -2.09. The van der Waals surface area contributed by atoms with Crippen LogP contribution in [-0.2, 0) is 12.3 Å². The van der Waals surface area contributed by atoms with Gasteiger partial charge in [0.1, 0.15) is 5.01 Å². The van der Waals surface area contributed by atoms with Gasteiger partial charge in [-0.15, -0.1) is 21.5 Å². The standard InChI is InChI=1S/C23H17BrN4OS2/c24-20-12-11-19(29-20)21-26-27-23(28(21)13-16-7-3-1-4-8-16)31-15-18-14-30-22(25-18)17-9-5-2-6-10-17/h1-12,14H,13,15H2. The molecule has 3 heterocycles. The van der Waals surface area contributed by atoms with Crippen LogP contribution < -0.4 is 0 Å². The van der Waals surface area contributed by atoms with Gasteiger partial charge in [0.05, 0.1) is 12.2 Å². The lowest BCUT2D eigenvalue weighted by molar-refractivity contribution is 0.545. The summed E-state index contributed by atoms with van der Waals surface area (Å²) in [4.78, 5) is 4.79. The van der Waals surface area contributed by atoms with Crippen LogP contribution in [0.5, 0.6) is 0 Å². The molecule has 2 aromatic carbocycles. The van der Waals surface area contributed by atoms with Crippen LogP contribution in [0.3, 0.4) is 0 Å². The fourth-order valence-corrected chi connectivity index (χ4v) is 5.21. The molecular weight excluding hydrogens is 492 g/mol. The normalized spacial score (nSPS) is 11.1. The maximum atomic E-state index is 5.75. The molecule has 0 radical (unpaired) electrons. The third-order valence-electron chi connectivity index (χ3n) is 4.62. The Morgan fingerprint density at radius 3 is 2.45 bits per heavy atom. The largest absolute Gasteiger partial charge is 0.446 e. The van der Waals surface area contributed by atoms with E-state index in [-0.39, 0.29) is 0 Å². The zero-order valence-electron chi connectivity index (χ0n) is 16.3. The number of benzene rings is 2. The Bertz CT molecular complexity index is 1280. The van der Waals surface area contributed by atoms with Crippen molar-refractivity contribution in [1.29, 1.82) is 0 Å². The number of thioether (sulfide) groups is 1. The molecule has 154 valence electrons. The van der Waals surface area contributed by atoms with Gasteiger partial charge >= 0.3 is 0 Å². The highest BCUT2D eigenvalue weighted by molar-refractivity contribution is 9.10. The molecule has 5 rings (SSSR count). The molecule has 0 aliphatic carbocycles. The van der Waals surface area contributed by atoms with Crippen molar-refractivity contribution in [2.75, 3.05) is 0 Å². The molecule has 0 fully saturated rings. The van der Waals surface area contributed by atoms with Gasteiger partial charge in [-0.2, -0.15) is 0 Å². The van der Waals surface area contributed by atoms with Gasteiger partial charge in [0.2, 0.25) is 5.82 Å². The molecule has 0 aliphatic rings. The van der Waals surface area contributed by atoms with Crippen molar-refractivity contribution in [2.24, 2.45) is 0 Å². The van der Waals surface area contributed by atoms with E-state index in [2.05, 4.69) is 60.3 Å². The molecule has 5 nitrogen and oxygen atoms in total. The van der Waals surface area contributed by atoms with Crippen LogP contribution in [0.1, 0.15) is 11.3 Å². The van der Waals surface area contributed by atoms with Crippen LogP contribution in [0.15, 0.2) is 92.4 Å². The summed E-state index contributed by atoms with van der Waals surface area (Å²) in [5.74, 6) is 2.11. The number of hydrogen-bond donors (Lipinski definition) is 0. The molecular formula is C23H17BrN4OS2. The average Bonchev–Trinajstić information content (AvgIpc) is 3.54. The number of rotatable bonds is 7. The Morgan fingerprint density at radius 2 is 1.71 bits per heavy atom. The van der Waals surface area contributed by atoms with E-state index in [9.17, 15) is 0 Å². The summed E-state index contributed by atoms with van der Waals surface area (Å²) in [6, 6.07) is 24.3. The fraction of sp³-hybridized carbons (Fsp3) is 0.0870. The summed E-state index contributed by atoms with van der Waals surface area (Å²) in [6.45, 7) is 0.663. The van der Waals surface area contributed by atoms with E-state index in [1.54, 1.807) is 23.1 Å². The molecule has 0 spiro atoms. The zero-order valence-corrected chi connectivity index (χ0v) is 19.5. The topological polar surface area (TPSA) is 56.7 Å². The van der Waals surface area contributed by atoms with Crippen molar-refractivity contribution in [3.8, 4) is 22.2 Å². The molecule has 5 aromatic rings. The number of aromatic nitrogens is 4. The highest BCUT2D eigenvalue weighted by Gasteiger charge is 2.18. The summed E-state index contributed by atoms with van der Waals surface area (Å²) in [6.07, 6.45) is 0. The smallest absolute Gasteiger partial charge is 0.200 e. The second-order valence-electron chi connectivity index (χ2n) is 6.78. The first-order valence-corrected chi connectivity index (χ1v) is 12.3. The van der Waals surface area contributed by atoms with Crippen molar-refractivity contribution >= 4 is 39.0 Å². The molecule has 0 N–H and O–H groups in total. The van der Waals surface area contributed by atoms with Gasteiger partial charge in [-0.25, -0.2) is 4.98 Å². The van der Waals surface area contributed by atoms with Crippen molar-refractivity contribution in [3.63, 3.8) is 0 Å². The fourth-order valence-electron chi connectivity index (χ4n) is 3.15. The highest BCUT2D eigenvalue weighted by atomic mass is 79.9. The van der Waals surface area contributed by atoms with Gasteiger partial charge in [-0.1, -0.05) is 72.4 Å². The van der Waals surface area contributed by atoms with Crippen molar-refractivity contribution in [1.82, 2.24) is 19.7 Å².